The fourth-order valence-electron chi connectivity index (χ4n) is 1.28. The van der Waals surface area contributed by atoms with E-state index in [2.05, 4.69) is 9.84 Å². The van der Waals surface area contributed by atoms with E-state index in [9.17, 15) is 8.78 Å². The van der Waals surface area contributed by atoms with Crippen LogP contribution in [-0.2, 0) is 0 Å². The number of aromatic nitrogens is 2. The number of alkyl halides is 2. The predicted molar refractivity (Wildman–Crippen MR) is 55.2 cm³/mol. The van der Waals surface area contributed by atoms with Crippen molar-refractivity contribution in [1.29, 1.82) is 0 Å². The summed E-state index contributed by atoms with van der Waals surface area (Å²) in [5, 5.41) is 4.35. The summed E-state index contributed by atoms with van der Waals surface area (Å²) >= 11 is 5.79. The summed E-state index contributed by atoms with van der Waals surface area (Å²) in [4.78, 5) is 0. The van der Waals surface area contributed by atoms with Gasteiger partial charge in [0, 0.05) is 17.4 Å². The van der Waals surface area contributed by atoms with Crippen LogP contribution in [0.4, 0.5) is 8.78 Å². The molecule has 1 heterocycles. The molecule has 2 aromatic rings. The third-order valence-electron chi connectivity index (χ3n) is 1.89. The van der Waals surface area contributed by atoms with Gasteiger partial charge in [-0.05, 0) is 24.3 Å². The molecule has 0 aliphatic heterocycles. The normalized spacial score (nSPS) is 10.8. The monoisotopic (exact) mass is 244 g/mol. The Hall–Kier alpha value is -1.62. The lowest BCUT2D eigenvalue weighted by Crippen LogP contribution is -2.06. The van der Waals surface area contributed by atoms with E-state index in [1.54, 1.807) is 12.3 Å². The van der Waals surface area contributed by atoms with Gasteiger partial charge in [0.25, 0.3) is 0 Å². The number of halogens is 3. The summed E-state index contributed by atoms with van der Waals surface area (Å²) in [6.07, 6.45) is 3.15. The molecule has 84 valence electrons. The number of rotatable bonds is 3. The van der Waals surface area contributed by atoms with Gasteiger partial charge in [-0.25, -0.2) is 4.68 Å². The van der Waals surface area contributed by atoms with E-state index in [-0.39, 0.29) is 5.75 Å². The fraction of sp³-hybridized carbons (Fsp3) is 0.100. The maximum Gasteiger partial charge on any atom is 0.387 e. The number of nitrogens with zero attached hydrogens (tertiary/aromatic N) is 2. The van der Waals surface area contributed by atoms with Crippen molar-refractivity contribution in [1.82, 2.24) is 9.78 Å². The van der Waals surface area contributed by atoms with E-state index >= 15 is 0 Å². The second-order valence-corrected chi connectivity index (χ2v) is 3.38. The second-order valence-electron chi connectivity index (χ2n) is 2.94. The van der Waals surface area contributed by atoms with Crippen LogP contribution in [0, 0.1) is 0 Å². The van der Waals surface area contributed by atoms with Crippen molar-refractivity contribution in [3.63, 3.8) is 0 Å². The van der Waals surface area contributed by atoms with Crippen LogP contribution < -0.4 is 4.74 Å². The largest absolute Gasteiger partial charge is 0.433 e. The topological polar surface area (TPSA) is 27.1 Å². The molecule has 0 atom stereocenters. The highest BCUT2D eigenvalue weighted by atomic mass is 35.5. The van der Waals surface area contributed by atoms with E-state index in [0.29, 0.717) is 10.7 Å². The summed E-state index contributed by atoms with van der Waals surface area (Å²) in [6.45, 7) is -2.88. The Morgan fingerprint density at radius 2 is 2.19 bits per heavy atom. The van der Waals surface area contributed by atoms with Crippen LogP contribution in [0.3, 0.4) is 0 Å². The molecule has 0 radical (unpaired) electrons. The summed E-state index contributed by atoms with van der Waals surface area (Å²) in [7, 11) is 0. The molecule has 0 aliphatic rings. The van der Waals surface area contributed by atoms with E-state index in [1.807, 2.05) is 0 Å². The first-order valence-electron chi connectivity index (χ1n) is 4.41. The Balaban J connectivity index is 2.45. The van der Waals surface area contributed by atoms with Crippen molar-refractivity contribution in [2.75, 3.05) is 0 Å². The minimum Gasteiger partial charge on any atom is -0.433 e. The quantitative estimate of drug-likeness (QED) is 0.829. The van der Waals surface area contributed by atoms with Gasteiger partial charge in [0.1, 0.15) is 5.69 Å². The highest BCUT2D eigenvalue weighted by molar-refractivity contribution is 6.30. The lowest BCUT2D eigenvalue weighted by atomic mass is 10.3. The molecule has 0 unspecified atom stereocenters. The lowest BCUT2D eigenvalue weighted by Gasteiger charge is -2.10. The Morgan fingerprint density at radius 3 is 2.81 bits per heavy atom. The highest BCUT2D eigenvalue weighted by Gasteiger charge is 2.11. The fourth-order valence-corrected chi connectivity index (χ4v) is 1.44. The molecule has 1 aromatic heterocycles. The van der Waals surface area contributed by atoms with Crippen molar-refractivity contribution < 1.29 is 13.5 Å². The molecular weight excluding hydrogens is 238 g/mol. The van der Waals surface area contributed by atoms with Crippen molar-refractivity contribution >= 4 is 11.6 Å². The molecular formula is C10H7ClF2N2O. The number of hydrogen-bond acceptors (Lipinski definition) is 2. The molecule has 0 fully saturated rings. The SMILES string of the molecule is FC(F)Oc1ccc(Cl)cc1-n1cccn1. The molecule has 0 bridgehead atoms. The van der Waals surface area contributed by atoms with Gasteiger partial charge < -0.3 is 4.74 Å². The standard InChI is InChI=1S/C10H7ClF2N2O/c11-7-2-3-9(16-10(12)13)8(6-7)15-5-1-4-14-15/h1-6,10H. The van der Waals surface area contributed by atoms with Gasteiger partial charge in [-0.2, -0.15) is 13.9 Å². The summed E-state index contributed by atoms with van der Waals surface area (Å²) < 4.78 is 30.1. The molecule has 0 saturated heterocycles. The highest BCUT2D eigenvalue weighted by Crippen LogP contribution is 2.27. The average Bonchev–Trinajstić information content (AvgIpc) is 2.73. The third kappa shape index (κ3) is 2.30. The molecule has 16 heavy (non-hydrogen) atoms. The second kappa shape index (κ2) is 4.49. The minimum absolute atomic E-state index is 0.0306. The van der Waals surface area contributed by atoms with Gasteiger partial charge in [-0.1, -0.05) is 11.6 Å². The van der Waals surface area contributed by atoms with Gasteiger partial charge in [0.2, 0.25) is 0 Å². The zero-order chi connectivity index (χ0) is 11.5. The molecule has 6 heteroatoms. The Morgan fingerprint density at radius 1 is 1.38 bits per heavy atom. The van der Waals surface area contributed by atoms with Crippen LogP contribution in [0.1, 0.15) is 0 Å². The first kappa shape index (κ1) is 10.9. The van der Waals surface area contributed by atoms with Crippen molar-refractivity contribution in [2.45, 2.75) is 6.61 Å². The molecule has 3 nitrogen and oxygen atoms in total. The maximum absolute atomic E-state index is 12.2. The van der Waals surface area contributed by atoms with E-state index in [4.69, 9.17) is 11.6 Å². The van der Waals surface area contributed by atoms with E-state index in [1.165, 1.54) is 29.1 Å². The summed E-state index contributed by atoms with van der Waals surface area (Å²) in [5.74, 6) is 0.0306. The van der Waals surface area contributed by atoms with Gasteiger partial charge in [-0.3, -0.25) is 0 Å². The molecule has 0 amide bonds. The van der Waals surface area contributed by atoms with Crippen LogP contribution >= 0.6 is 11.6 Å². The van der Waals surface area contributed by atoms with Crippen molar-refractivity contribution in [3.05, 3.63) is 41.7 Å². The van der Waals surface area contributed by atoms with Gasteiger partial charge >= 0.3 is 6.61 Å². The summed E-state index contributed by atoms with van der Waals surface area (Å²) in [6, 6.07) is 6.04. The predicted octanol–water partition coefficient (Wildman–Crippen LogP) is 3.13. The van der Waals surface area contributed by atoms with Crippen LogP contribution in [0.15, 0.2) is 36.7 Å². The smallest absolute Gasteiger partial charge is 0.387 e. The molecule has 1 aromatic carbocycles. The Bertz CT molecular complexity index is 474. The third-order valence-corrected chi connectivity index (χ3v) is 2.12. The van der Waals surface area contributed by atoms with Crippen LogP contribution in [0.5, 0.6) is 5.75 Å². The van der Waals surface area contributed by atoms with Crippen molar-refractivity contribution in [2.24, 2.45) is 0 Å². The zero-order valence-electron chi connectivity index (χ0n) is 7.98. The molecule has 0 N–H and O–H groups in total. The Kier molecular flexibility index (Phi) is 3.05. The van der Waals surface area contributed by atoms with E-state index < -0.39 is 6.61 Å². The number of benzene rings is 1. The molecule has 2 rings (SSSR count). The molecule has 0 spiro atoms. The maximum atomic E-state index is 12.2. The van der Waals surface area contributed by atoms with E-state index in [0.717, 1.165) is 0 Å². The minimum atomic E-state index is -2.88. The van der Waals surface area contributed by atoms with Gasteiger partial charge in [0.05, 0.1) is 0 Å². The first-order valence-corrected chi connectivity index (χ1v) is 4.79. The first-order chi connectivity index (χ1) is 7.66. The van der Waals surface area contributed by atoms with Crippen LogP contribution in [0.2, 0.25) is 5.02 Å². The van der Waals surface area contributed by atoms with Crippen LogP contribution in [0.25, 0.3) is 5.69 Å². The number of hydrogen-bond donors (Lipinski definition) is 0. The molecule has 0 saturated carbocycles. The zero-order valence-corrected chi connectivity index (χ0v) is 8.73. The Labute approximate surface area is 95.2 Å². The average molecular weight is 245 g/mol. The summed E-state index contributed by atoms with van der Waals surface area (Å²) in [5.41, 5.74) is 0.373. The molecule has 0 aliphatic carbocycles. The van der Waals surface area contributed by atoms with Gasteiger partial charge in [-0.15, -0.1) is 0 Å². The number of ether oxygens (including phenoxy) is 1. The van der Waals surface area contributed by atoms with Crippen molar-refractivity contribution in [3.8, 4) is 11.4 Å². The van der Waals surface area contributed by atoms with Crippen LogP contribution in [-0.4, -0.2) is 16.4 Å². The van der Waals surface area contributed by atoms with Gasteiger partial charge in [0.15, 0.2) is 5.75 Å². The lowest BCUT2D eigenvalue weighted by molar-refractivity contribution is -0.0499.